The minimum Gasteiger partial charge on any atom is -0.489 e. The summed E-state index contributed by atoms with van der Waals surface area (Å²) in [5.74, 6) is 1.19. The van der Waals surface area contributed by atoms with Crippen molar-refractivity contribution >= 4 is 0 Å². The summed E-state index contributed by atoms with van der Waals surface area (Å²) in [7, 11) is 0. The molecule has 0 radical (unpaired) electrons. The molecule has 0 amide bonds. The van der Waals surface area contributed by atoms with E-state index in [0.717, 1.165) is 12.2 Å². The molecule has 0 spiro atoms. The molecular weight excluding hydrogens is 164 g/mol. The van der Waals surface area contributed by atoms with Crippen LogP contribution in [0.3, 0.4) is 0 Å². The van der Waals surface area contributed by atoms with E-state index in [4.69, 9.17) is 9.84 Å². The van der Waals surface area contributed by atoms with Gasteiger partial charge in [-0.05, 0) is 11.6 Å². The highest BCUT2D eigenvalue weighted by Crippen LogP contribution is 2.30. The lowest BCUT2D eigenvalue weighted by Gasteiger charge is -2.16. The summed E-state index contributed by atoms with van der Waals surface area (Å²) in [5, 5.41) is 8.99. The molecule has 2 nitrogen and oxygen atoms in total. The van der Waals surface area contributed by atoms with Crippen molar-refractivity contribution in [2.45, 2.75) is 19.4 Å². The van der Waals surface area contributed by atoms with Crippen molar-refractivity contribution < 1.29 is 9.84 Å². The number of hydrogen-bond acceptors (Lipinski definition) is 2. The Morgan fingerprint density at radius 1 is 1.54 bits per heavy atom. The molecule has 13 heavy (non-hydrogen) atoms. The van der Waals surface area contributed by atoms with E-state index in [1.807, 2.05) is 25.1 Å². The Bertz CT molecular complexity index is 271. The molecule has 2 unspecified atom stereocenters. The average molecular weight is 178 g/mol. The zero-order valence-electron chi connectivity index (χ0n) is 7.73. The second kappa shape index (κ2) is 3.38. The smallest absolute Gasteiger partial charge is 0.123 e. The first-order chi connectivity index (χ1) is 6.31. The normalized spacial score (nSPS) is 22.2. The van der Waals surface area contributed by atoms with Crippen molar-refractivity contribution in [2.75, 3.05) is 6.61 Å². The van der Waals surface area contributed by atoms with Crippen LogP contribution in [0.2, 0.25) is 0 Å². The van der Waals surface area contributed by atoms with Crippen LogP contribution < -0.4 is 4.74 Å². The van der Waals surface area contributed by atoms with E-state index >= 15 is 0 Å². The third-order valence-electron chi connectivity index (χ3n) is 2.59. The van der Waals surface area contributed by atoms with Crippen LogP contribution >= 0.6 is 0 Å². The Labute approximate surface area is 78.2 Å². The Morgan fingerprint density at radius 3 is 3.00 bits per heavy atom. The standard InChI is InChI=1S/C11H14O2/c1-8(7-12)11-6-9-4-2-3-5-10(9)13-11/h2-5,8,11-12H,6-7H2,1H3. The Balaban J connectivity index is 2.14. The van der Waals surface area contributed by atoms with Gasteiger partial charge in [-0.25, -0.2) is 0 Å². The quantitative estimate of drug-likeness (QED) is 0.745. The summed E-state index contributed by atoms with van der Waals surface area (Å²) in [6, 6.07) is 8.07. The van der Waals surface area contributed by atoms with E-state index < -0.39 is 0 Å². The molecule has 2 heteroatoms. The molecule has 0 fully saturated rings. The highest BCUT2D eigenvalue weighted by Gasteiger charge is 2.26. The van der Waals surface area contributed by atoms with Gasteiger partial charge in [0.2, 0.25) is 0 Å². The second-order valence-electron chi connectivity index (χ2n) is 3.63. The van der Waals surface area contributed by atoms with Crippen LogP contribution in [0.4, 0.5) is 0 Å². The fourth-order valence-corrected chi connectivity index (χ4v) is 1.64. The molecule has 0 aliphatic carbocycles. The molecule has 1 aliphatic rings. The molecule has 2 rings (SSSR count). The Morgan fingerprint density at radius 2 is 2.31 bits per heavy atom. The zero-order valence-corrected chi connectivity index (χ0v) is 7.73. The van der Waals surface area contributed by atoms with Crippen LogP contribution in [0, 0.1) is 5.92 Å². The predicted molar refractivity (Wildman–Crippen MR) is 50.8 cm³/mol. The highest BCUT2D eigenvalue weighted by molar-refractivity contribution is 5.37. The van der Waals surface area contributed by atoms with E-state index in [2.05, 4.69) is 6.07 Å². The first-order valence-corrected chi connectivity index (χ1v) is 4.66. The molecule has 1 aromatic carbocycles. The first kappa shape index (κ1) is 8.57. The third kappa shape index (κ3) is 1.54. The molecule has 1 aromatic rings. The van der Waals surface area contributed by atoms with Crippen LogP contribution in [0.15, 0.2) is 24.3 Å². The lowest BCUT2D eigenvalue weighted by atomic mass is 10.0. The van der Waals surface area contributed by atoms with Gasteiger partial charge in [-0.15, -0.1) is 0 Å². The summed E-state index contributed by atoms with van der Waals surface area (Å²) in [6.07, 6.45) is 1.08. The SMILES string of the molecule is CC(CO)C1Cc2ccccc2O1. The second-order valence-corrected chi connectivity index (χ2v) is 3.63. The number of ether oxygens (including phenoxy) is 1. The van der Waals surface area contributed by atoms with Gasteiger partial charge < -0.3 is 9.84 Å². The van der Waals surface area contributed by atoms with Gasteiger partial charge in [0.15, 0.2) is 0 Å². The zero-order chi connectivity index (χ0) is 9.26. The summed E-state index contributed by atoms with van der Waals surface area (Å²) >= 11 is 0. The Hall–Kier alpha value is -1.02. The van der Waals surface area contributed by atoms with E-state index in [0.29, 0.717) is 0 Å². The van der Waals surface area contributed by atoms with Gasteiger partial charge in [0.25, 0.3) is 0 Å². The van der Waals surface area contributed by atoms with Crippen molar-refractivity contribution in [3.63, 3.8) is 0 Å². The number of hydrogen-bond donors (Lipinski definition) is 1. The minimum atomic E-state index is 0.155. The fraction of sp³-hybridized carbons (Fsp3) is 0.455. The molecule has 2 atom stereocenters. The van der Waals surface area contributed by atoms with Crippen molar-refractivity contribution in [2.24, 2.45) is 5.92 Å². The first-order valence-electron chi connectivity index (χ1n) is 4.66. The van der Waals surface area contributed by atoms with Crippen molar-refractivity contribution in [1.29, 1.82) is 0 Å². The maximum atomic E-state index is 8.99. The third-order valence-corrected chi connectivity index (χ3v) is 2.59. The Kier molecular flexibility index (Phi) is 2.23. The van der Waals surface area contributed by atoms with Crippen LogP contribution in [-0.2, 0) is 6.42 Å². The van der Waals surface area contributed by atoms with Gasteiger partial charge in [-0.3, -0.25) is 0 Å². The van der Waals surface area contributed by atoms with Crippen LogP contribution in [0.25, 0.3) is 0 Å². The summed E-state index contributed by atoms with van der Waals surface area (Å²) < 4.78 is 5.70. The lowest BCUT2D eigenvalue weighted by molar-refractivity contribution is 0.114. The van der Waals surface area contributed by atoms with Gasteiger partial charge in [-0.2, -0.15) is 0 Å². The molecule has 0 saturated heterocycles. The number of rotatable bonds is 2. The van der Waals surface area contributed by atoms with Crippen molar-refractivity contribution in [3.05, 3.63) is 29.8 Å². The van der Waals surface area contributed by atoms with E-state index in [-0.39, 0.29) is 18.6 Å². The van der Waals surface area contributed by atoms with Crippen LogP contribution in [-0.4, -0.2) is 17.8 Å². The van der Waals surface area contributed by atoms with Crippen molar-refractivity contribution in [1.82, 2.24) is 0 Å². The molecule has 0 bridgehead atoms. The summed E-state index contributed by atoms with van der Waals surface area (Å²) in [4.78, 5) is 0. The number of fused-ring (bicyclic) bond motifs is 1. The van der Waals surface area contributed by atoms with Gasteiger partial charge >= 0.3 is 0 Å². The van der Waals surface area contributed by atoms with Gasteiger partial charge in [0.1, 0.15) is 11.9 Å². The molecule has 1 N–H and O–H groups in total. The lowest BCUT2D eigenvalue weighted by Crippen LogP contribution is -2.25. The van der Waals surface area contributed by atoms with E-state index in [9.17, 15) is 0 Å². The number of aliphatic hydroxyl groups is 1. The monoisotopic (exact) mass is 178 g/mol. The van der Waals surface area contributed by atoms with Crippen molar-refractivity contribution in [3.8, 4) is 5.75 Å². The maximum Gasteiger partial charge on any atom is 0.123 e. The van der Waals surface area contributed by atoms with E-state index in [1.54, 1.807) is 0 Å². The summed E-state index contributed by atoms with van der Waals surface area (Å²) in [6.45, 7) is 2.20. The largest absolute Gasteiger partial charge is 0.489 e. The molecule has 1 heterocycles. The number of para-hydroxylation sites is 1. The van der Waals surface area contributed by atoms with Crippen LogP contribution in [0.5, 0.6) is 5.75 Å². The van der Waals surface area contributed by atoms with Gasteiger partial charge in [0.05, 0.1) is 0 Å². The molecule has 0 saturated carbocycles. The highest BCUT2D eigenvalue weighted by atomic mass is 16.5. The van der Waals surface area contributed by atoms with Gasteiger partial charge in [0, 0.05) is 18.9 Å². The average Bonchev–Trinajstić information content (AvgIpc) is 2.59. The fourth-order valence-electron chi connectivity index (χ4n) is 1.64. The molecule has 0 aromatic heterocycles. The molecule has 1 aliphatic heterocycles. The molecule has 70 valence electrons. The maximum absolute atomic E-state index is 8.99. The minimum absolute atomic E-state index is 0.155. The van der Waals surface area contributed by atoms with Crippen LogP contribution in [0.1, 0.15) is 12.5 Å². The topological polar surface area (TPSA) is 29.5 Å². The molecular formula is C11H14O2. The van der Waals surface area contributed by atoms with E-state index in [1.165, 1.54) is 5.56 Å². The number of benzene rings is 1. The summed E-state index contributed by atoms with van der Waals surface area (Å²) in [5.41, 5.74) is 1.26. The number of aliphatic hydroxyl groups excluding tert-OH is 1. The predicted octanol–water partition coefficient (Wildman–Crippen LogP) is 1.62. The van der Waals surface area contributed by atoms with Gasteiger partial charge in [-0.1, -0.05) is 25.1 Å².